The SMILES string of the molecule is Cc1cc(S(=O)(=O)N2CCCCC2CCO)ccc1N. The maximum atomic E-state index is 12.7. The van der Waals surface area contributed by atoms with Crippen LogP contribution in [0.1, 0.15) is 31.2 Å². The standard InChI is InChI=1S/C14H22N2O3S/c1-11-10-13(5-6-14(11)15)20(18,19)16-8-3-2-4-12(16)7-9-17/h5-6,10,12,17H,2-4,7-9,15H2,1H3. The Hall–Kier alpha value is -1.11. The molecule has 0 bridgehead atoms. The number of anilines is 1. The Balaban J connectivity index is 2.34. The average Bonchev–Trinajstić information content (AvgIpc) is 2.42. The Morgan fingerprint density at radius 2 is 2.15 bits per heavy atom. The number of nitrogens with two attached hydrogens (primary N) is 1. The van der Waals surface area contributed by atoms with Crippen LogP contribution in [0.3, 0.4) is 0 Å². The molecule has 1 fully saturated rings. The van der Waals surface area contributed by atoms with Crippen LogP contribution in [-0.2, 0) is 10.0 Å². The quantitative estimate of drug-likeness (QED) is 0.825. The van der Waals surface area contributed by atoms with Crippen molar-refractivity contribution in [3.05, 3.63) is 23.8 Å². The summed E-state index contributed by atoms with van der Waals surface area (Å²) in [5.74, 6) is 0. The third-order valence-electron chi connectivity index (χ3n) is 3.88. The number of aliphatic hydroxyl groups is 1. The molecule has 3 N–H and O–H groups in total. The van der Waals surface area contributed by atoms with E-state index in [0.29, 0.717) is 18.7 Å². The fourth-order valence-electron chi connectivity index (χ4n) is 2.67. The molecule has 1 heterocycles. The molecule has 0 radical (unpaired) electrons. The molecule has 0 saturated carbocycles. The summed E-state index contributed by atoms with van der Waals surface area (Å²) in [7, 11) is -3.51. The van der Waals surface area contributed by atoms with Gasteiger partial charge in [0.2, 0.25) is 10.0 Å². The number of hydrogen-bond acceptors (Lipinski definition) is 4. The van der Waals surface area contributed by atoms with Gasteiger partial charge in [0.1, 0.15) is 0 Å². The van der Waals surface area contributed by atoms with Gasteiger partial charge in [-0.1, -0.05) is 6.42 Å². The van der Waals surface area contributed by atoms with Crippen molar-refractivity contribution >= 4 is 15.7 Å². The molecule has 1 unspecified atom stereocenters. The van der Waals surface area contributed by atoms with Gasteiger partial charge >= 0.3 is 0 Å². The highest BCUT2D eigenvalue weighted by atomic mass is 32.2. The summed E-state index contributed by atoms with van der Waals surface area (Å²) in [5.41, 5.74) is 7.10. The molecule has 1 aromatic rings. The predicted molar refractivity (Wildman–Crippen MR) is 78.8 cm³/mol. The minimum atomic E-state index is -3.51. The Labute approximate surface area is 120 Å². The van der Waals surface area contributed by atoms with Crippen LogP contribution in [-0.4, -0.2) is 37.0 Å². The summed E-state index contributed by atoms with van der Waals surface area (Å²) in [6.45, 7) is 2.34. The first-order valence-electron chi connectivity index (χ1n) is 6.95. The van der Waals surface area contributed by atoms with Crippen LogP contribution in [0.2, 0.25) is 0 Å². The van der Waals surface area contributed by atoms with Crippen molar-refractivity contribution in [2.75, 3.05) is 18.9 Å². The van der Waals surface area contributed by atoms with Gasteiger partial charge in [0.05, 0.1) is 4.90 Å². The molecule has 0 aliphatic carbocycles. The summed E-state index contributed by atoms with van der Waals surface area (Å²) in [6.07, 6.45) is 3.19. The van der Waals surface area contributed by atoms with Gasteiger partial charge in [0, 0.05) is 24.9 Å². The molecular formula is C14H22N2O3S. The Bertz CT molecular complexity index is 570. The van der Waals surface area contributed by atoms with Crippen LogP contribution in [0.15, 0.2) is 23.1 Å². The fraction of sp³-hybridized carbons (Fsp3) is 0.571. The predicted octanol–water partition coefficient (Wildman–Crippen LogP) is 1.50. The molecule has 0 spiro atoms. The number of nitrogens with zero attached hydrogens (tertiary/aromatic N) is 1. The molecule has 20 heavy (non-hydrogen) atoms. The average molecular weight is 298 g/mol. The van der Waals surface area contributed by atoms with E-state index >= 15 is 0 Å². The summed E-state index contributed by atoms with van der Waals surface area (Å²) in [5, 5.41) is 9.12. The van der Waals surface area contributed by atoms with Crippen LogP contribution in [0.4, 0.5) is 5.69 Å². The zero-order valence-corrected chi connectivity index (χ0v) is 12.6. The number of rotatable bonds is 4. The second-order valence-corrected chi connectivity index (χ2v) is 7.19. The number of nitrogen functional groups attached to an aromatic ring is 1. The minimum absolute atomic E-state index is 0.0114. The summed E-state index contributed by atoms with van der Waals surface area (Å²) in [6, 6.07) is 4.71. The first kappa shape index (κ1) is 15.3. The largest absolute Gasteiger partial charge is 0.399 e. The lowest BCUT2D eigenvalue weighted by molar-refractivity contribution is 0.192. The molecule has 0 amide bonds. The maximum absolute atomic E-state index is 12.7. The van der Waals surface area contributed by atoms with Gasteiger partial charge in [0.15, 0.2) is 0 Å². The van der Waals surface area contributed by atoms with Gasteiger partial charge in [0.25, 0.3) is 0 Å². The second-order valence-electron chi connectivity index (χ2n) is 5.30. The fourth-order valence-corrected chi connectivity index (χ4v) is 4.48. The first-order valence-corrected chi connectivity index (χ1v) is 8.39. The highest BCUT2D eigenvalue weighted by Crippen LogP contribution is 2.28. The topological polar surface area (TPSA) is 83.6 Å². The van der Waals surface area contributed by atoms with E-state index in [9.17, 15) is 8.42 Å². The number of piperidine rings is 1. The van der Waals surface area contributed by atoms with Crippen LogP contribution in [0.5, 0.6) is 0 Å². The van der Waals surface area contributed by atoms with Crippen molar-refractivity contribution in [3.63, 3.8) is 0 Å². The zero-order chi connectivity index (χ0) is 14.8. The van der Waals surface area contributed by atoms with E-state index in [1.807, 2.05) is 0 Å². The van der Waals surface area contributed by atoms with E-state index in [-0.39, 0.29) is 17.5 Å². The number of aryl methyl sites for hydroxylation is 1. The van der Waals surface area contributed by atoms with Crippen LogP contribution in [0, 0.1) is 6.92 Å². The minimum Gasteiger partial charge on any atom is -0.399 e. The molecule has 1 aliphatic rings. The van der Waals surface area contributed by atoms with Gasteiger partial charge in [-0.05, 0) is 49.9 Å². The van der Waals surface area contributed by atoms with Gasteiger partial charge in [-0.25, -0.2) is 8.42 Å². The molecule has 1 atom stereocenters. The van der Waals surface area contributed by atoms with Crippen molar-refractivity contribution in [1.82, 2.24) is 4.31 Å². The molecule has 1 saturated heterocycles. The monoisotopic (exact) mass is 298 g/mol. The van der Waals surface area contributed by atoms with Gasteiger partial charge in [-0.2, -0.15) is 4.31 Å². The smallest absolute Gasteiger partial charge is 0.243 e. The van der Waals surface area contributed by atoms with Crippen molar-refractivity contribution in [1.29, 1.82) is 0 Å². The lowest BCUT2D eigenvalue weighted by atomic mass is 10.0. The van der Waals surface area contributed by atoms with Crippen molar-refractivity contribution < 1.29 is 13.5 Å². The third kappa shape index (κ3) is 2.97. The number of hydrogen-bond donors (Lipinski definition) is 2. The van der Waals surface area contributed by atoms with Gasteiger partial charge < -0.3 is 10.8 Å². The van der Waals surface area contributed by atoms with Crippen LogP contribution < -0.4 is 5.73 Å². The van der Waals surface area contributed by atoms with Crippen molar-refractivity contribution in [2.45, 2.75) is 43.5 Å². The van der Waals surface area contributed by atoms with Crippen LogP contribution in [0.25, 0.3) is 0 Å². The first-order chi connectivity index (χ1) is 9.46. The van der Waals surface area contributed by atoms with E-state index in [1.165, 1.54) is 4.31 Å². The number of aliphatic hydroxyl groups excluding tert-OH is 1. The lowest BCUT2D eigenvalue weighted by Gasteiger charge is -2.34. The highest BCUT2D eigenvalue weighted by molar-refractivity contribution is 7.89. The van der Waals surface area contributed by atoms with Crippen molar-refractivity contribution in [3.8, 4) is 0 Å². The summed E-state index contributed by atoms with van der Waals surface area (Å²) in [4.78, 5) is 0.286. The number of sulfonamides is 1. The molecule has 2 rings (SSSR count). The van der Waals surface area contributed by atoms with Gasteiger partial charge in [-0.3, -0.25) is 0 Å². The van der Waals surface area contributed by atoms with E-state index in [2.05, 4.69) is 0 Å². The zero-order valence-electron chi connectivity index (χ0n) is 11.7. The third-order valence-corrected chi connectivity index (χ3v) is 5.83. The molecular weight excluding hydrogens is 276 g/mol. The normalized spacial score (nSPS) is 21.0. The Morgan fingerprint density at radius 3 is 2.80 bits per heavy atom. The maximum Gasteiger partial charge on any atom is 0.243 e. The molecule has 1 aromatic carbocycles. The van der Waals surface area contributed by atoms with E-state index in [4.69, 9.17) is 10.8 Å². The molecule has 112 valence electrons. The van der Waals surface area contributed by atoms with Crippen LogP contribution >= 0.6 is 0 Å². The number of benzene rings is 1. The Kier molecular flexibility index (Phi) is 4.67. The molecule has 6 heteroatoms. The summed E-state index contributed by atoms with van der Waals surface area (Å²) >= 11 is 0. The molecule has 5 nitrogen and oxygen atoms in total. The summed E-state index contributed by atoms with van der Waals surface area (Å²) < 4.78 is 27.0. The van der Waals surface area contributed by atoms with Crippen molar-refractivity contribution in [2.24, 2.45) is 0 Å². The van der Waals surface area contributed by atoms with Gasteiger partial charge in [-0.15, -0.1) is 0 Å². The second kappa shape index (κ2) is 6.11. The molecule has 1 aliphatic heterocycles. The van der Waals surface area contributed by atoms with E-state index < -0.39 is 10.0 Å². The lowest BCUT2D eigenvalue weighted by Crippen LogP contribution is -2.44. The van der Waals surface area contributed by atoms with E-state index in [0.717, 1.165) is 24.8 Å². The molecule has 0 aromatic heterocycles. The highest BCUT2D eigenvalue weighted by Gasteiger charge is 2.33. The Morgan fingerprint density at radius 1 is 1.40 bits per heavy atom. The van der Waals surface area contributed by atoms with E-state index in [1.54, 1.807) is 25.1 Å².